The summed E-state index contributed by atoms with van der Waals surface area (Å²) in [6, 6.07) is 125. The molecule has 0 radical (unpaired) electrons. The van der Waals surface area contributed by atoms with E-state index in [1.165, 1.54) is 132 Å². The molecule has 0 aliphatic carbocycles. The van der Waals surface area contributed by atoms with Crippen molar-refractivity contribution in [2.24, 2.45) is 0 Å². The molecule has 8 nitrogen and oxygen atoms in total. The van der Waals surface area contributed by atoms with Crippen molar-refractivity contribution in [3.8, 4) is 56.8 Å². The van der Waals surface area contributed by atoms with Crippen LogP contribution in [0.3, 0.4) is 0 Å². The zero-order valence-corrected chi connectivity index (χ0v) is 71.8. The summed E-state index contributed by atoms with van der Waals surface area (Å²) in [6.45, 7) is 33.6. The molecular weight excluding hydrogens is 1460 g/mol. The Balaban J connectivity index is 0.000000116. The van der Waals surface area contributed by atoms with Gasteiger partial charge in [0.05, 0.1) is 61.2 Å². The largest absolute Gasteiger partial charge is 0.309 e. The summed E-state index contributed by atoms with van der Waals surface area (Å²) in [4.78, 5) is 19.0. The molecule has 0 aliphatic rings. The van der Waals surface area contributed by atoms with Gasteiger partial charge in [-0.25, -0.2) is 15.0 Å². The minimum Gasteiger partial charge on any atom is -0.309 e. The first-order valence-electron chi connectivity index (χ1n) is 41.9. The molecular formula is C112H106N8. The first-order valence-corrected chi connectivity index (χ1v) is 41.9. The van der Waals surface area contributed by atoms with E-state index in [1.807, 2.05) is 30.7 Å². The Kier molecular flexibility index (Phi) is 22.1. The molecule has 20 rings (SSSR count). The molecule has 20 aromatic rings. The van der Waals surface area contributed by atoms with Gasteiger partial charge in [0.15, 0.2) is 0 Å². The lowest BCUT2D eigenvalue weighted by atomic mass is 9.81. The Labute approximate surface area is 706 Å². The van der Waals surface area contributed by atoms with Gasteiger partial charge in [0, 0.05) is 78.4 Å². The number of fused-ring (bicyclic) bond motifs is 12. The van der Waals surface area contributed by atoms with Crippen LogP contribution in [0.15, 0.2) is 370 Å². The van der Waals surface area contributed by atoms with Gasteiger partial charge in [0.1, 0.15) is 17.5 Å². The predicted octanol–water partition coefficient (Wildman–Crippen LogP) is 29.9. The summed E-state index contributed by atoms with van der Waals surface area (Å²) >= 11 is 0. The summed E-state index contributed by atoms with van der Waals surface area (Å²) in [6.07, 6.45) is 5.67. The molecule has 0 unspecified atom stereocenters. The Morgan fingerprint density at radius 1 is 0.217 bits per heavy atom. The van der Waals surface area contributed by atoms with Gasteiger partial charge in [0.25, 0.3) is 0 Å². The van der Waals surface area contributed by atoms with Crippen molar-refractivity contribution in [3.63, 3.8) is 0 Å². The molecule has 0 bridgehead atoms. The number of nitrogens with zero attached hydrogens (tertiary/aromatic N) is 8. The van der Waals surface area contributed by atoms with Crippen LogP contribution < -0.4 is 0 Å². The van der Waals surface area contributed by atoms with E-state index in [-0.39, 0.29) is 27.1 Å². The summed E-state index contributed by atoms with van der Waals surface area (Å²) in [5.74, 6) is 2.85. The average molecular weight is 1560 g/mol. The zero-order chi connectivity index (χ0) is 83.7. The van der Waals surface area contributed by atoms with E-state index in [0.717, 1.165) is 40.0 Å². The molecule has 594 valence electrons. The van der Waals surface area contributed by atoms with E-state index >= 15 is 0 Å². The topological polar surface area (TPSA) is 71.3 Å². The second kappa shape index (κ2) is 33.1. The smallest absolute Gasteiger partial charge is 0.140 e. The van der Waals surface area contributed by atoms with Crippen LogP contribution in [0, 0.1) is 0 Å². The SMILES string of the molecule is CC(C)(C)c1cc(-c2ccccc2)nc(-c2ccccc2)c1.CC(C)(C)c1cc(-n2c3ccccc3c3ccccc32)nc(-n2c3ccccc3c3ccccc32)c1.CC(C)(C)c1ccc(-n2c3ccccc3c3ccccc32)nc1.CC(C)(C)c1ccccc1-c1ccccc1-n1c2ccccc2c2ccccc21.CC(C)(C)c1ccncc1. The summed E-state index contributed by atoms with van der Waals surface area (Å²) in [5, 5.41) is 10.1. The average Bonchev–Trinajstić information content (AvgIpc) is 1.61. The first-order chi connectivity index (χ1) is 57.8. The van der Waals surface area contributed by atoms with Crippen molar-refractivity contribution < 1.29 is 0 Å². The van der Waals surface area contributed by atoms with E-state index in [0.29, 0.717) is 0 Å². The minimum atomic E-state index is -0.0377. The molecule has 0 saturated heterocycles. The van der Waals surface area contributed by atoms with Gasteiger partial charge in [-0.05, 0) is 158 Å². The fourth-order valence-electron chi connectivity index (χ4n) is 16.4. The Bertz CT molecular complexity index is 6620. The monoisotopic (exact) mass is 1560 g/mol. The Morgan fingerprint density at radius 3 is 0.850 bits per heavy atom. The van der Waals surface area contributed by atoms with Crippen LogP contribution >= 0.6 is 0 Å². The third-order valence-electron chi connectivity index (χ3n) is 22.8. The summed E-state index contributed by atoms with van der Waals surface area (Å²) in [7, 11) is 0. The van der Waals surface area contributed by atoms with Gasteiger partial charge in [-0.1, -0.05) is 359 Å². The quantitative estimate of drug-likeness (QED) is 0.159. The van der Waals surface area contributed by atoms with Gasteiger partial charge in [-0.15, -0.1) is 0 Å². The van der Waals surface area contributed by atoms with Gasteiger partial charge < -0.3 is 4.57 Å². The van der Waals surface area contributed by atoms with Crippen molar-refractivity contribution in [2.75, 3.05) is 0 Å². The van der Waals surface area contributed by atoms with Crippen molar-refractivity contribution in [1.29, 1.82) is 0 Å². The third kappa shape index (κ3) is 16.5. The van der Waals surface area contributed by atoms with E-state index in [4.69, 9.17) is 15.0 Å². The Hall–Kier alpha value is -13.6. The highest BCUT2D eigenvalue weighted by Crippen LogP contribution is 2.43. The Morgan fingerprint density at radius 2 is 0.517 bits per heavy atom. The molecule has 12 aromatic carbocycles. The van der Waals surface area contributed by atoms with Crippen LogP contribution in [-0.2, 0) is 27.1 Å². The molecule has 8 heterocycles. The van der Waals surface area contributed by atoms with Crippen molar-refractivity contribution in [3.05, 3.63) is 398 Å². The number of hydrogen-bond acceptors (Lipinski definition) is 4. The molecule has 0 spiro atoms. The number of pyridine rings is 4. The highest BCUT2D eigenvalue weighted by atomic mass is 15.1. The van der Waals surface area contributed by atoms with Gasteiger partial charge in [-0.2, -0.15) is 0 Å². The maximum absolute atomic E-state index is 5.36. The highest BCUT2D eigenvalue weighted by Gasteiger charge is 2.26. The molecule has 8 aromatic heterocycles. The number of rotatable bonds is 7. The second-order valence-electron chi connectivity index (χ2n) is 36.4. The standard InChI is InChI=1S/C33H27N3.C28H25N.C21H20N2.C21H21N.C9H13N/c1-33(2,3)22-20-31(35-27-16-8-4-12-23(27)24-13-5-9-17-28(24)35)34-32(21-22)36-29-18-10-6-14-25(29)26-15-7-11-19-30(26)36;1-28(2,3)24-16-8-4-12-20(24)21-13-5-9-17-25(21)29-26-18-10-6-14-22(26)23-15-7-11-19-27(23)29;1-21(2,3)15-12-13-20(22-14-15)23-18-10-6-4-8-16(18)17-9-5-7-11-19(17)23;1-21(2,3)18-14-19(16-10-6-4-7-11-16)22-20(15-18)17-12-8-5-9-13-17;1-9(2,3)8-4-6-10-7-5-8/h4-21H,1-3H3;4-19H,1-3H3;4-14H,1-3H3;4-15H,1-3H3;4-7H,1-3H3. The summed E-state index contributed by atoms with van der Waals surface area (Å²) < 4.78 is 9.30. The fraction of sp³-hybridized carbons (Fsp3) is 0.179. The number of hydrogen-bond donors (Lipinski definition) is 0. The zero-order valence-electron chi connectivity index (χ0n) is 71.8. The predicted molar refractivity (Wildman–Crippen MR) is 511 cm³/mol. The lowest BCUT2D eigenvalue weighted by Crippen LogP contribution is -2.14. The molecule has 0 saturated carbocycles. The highest BCUT2D eigenvalue weighted by molar-refractivity contribution is 6.12. The maximum Gasteiger partial charge on any atom is 0.140 e. The molecule has 0 amide bonds. The molecule has 0 aliphatic heterocycles. The van der Waals surface area contributed by atoms with E-state index in [1.54, 1.807) is 0 Å². The van der Waals surface area contributed by atoms with Crippen molar-refractivity contribution in [2.45, 2.75) is 131 Å². The third-order valence-corrected chi connectivity index (χ3v) is 22.8. The van der Waals surface area contributed by atoms with Crippen LogP contribution in [0.1, 0.15) is 132 Å². The van der Waals surface area contributed by atoms with E-state index in [9.17, 15) is 0 Å². The van der Waals surface area contributed by atoms with Crippen LogP contribution in [0.5, 0.6) is 0 Å². The lowest BCUT2D eigenvalue weighted by Gasteiger charge is -2.24. The van der Waals surface area contributed by atoms with Gasteiger partial charge >= 0.3 is 0 Å². The molecule has 0 N–H and O–H groups in total. The molecule has 8 heteroatoms. The van der Waals surface area contributed by atoms with E-state index in [2.05, 4.69) is 467 Å². The molecule has 0 fully saturated rings. The lowest BCUT2D eigenvalue weighted by molar-refractivity contribution is 0.587. The fourth-order valence-corrected chi connectivity index (χ4v) is 16.4. The molecule has 120 heavy (non-hydrogen) atoms. The summed E-state index contributed by atoms with van der Waals surface area (Å²) in [5.41, 5.74) is 24.8. The van der Waals surface area contributed by atoms with E-state index < -0.39 is 0 Å². The van der Waals surface area contributed by atoms with Crippen LogP contribution in [0.4, 0.5) is 0 Å². The van der Waals surface area contributed by atoms with Gasteiger partial charge in [0.2, 0.25) is 0 Å². The van der Waals surface area contributed by atoms with Crippen molar-refractivity contribution >= 4 is 87.2 Å². The normalized spacial score (nSPS) is 12.0. The number of benzene rings is 12. The minimum absolute atomic E-state index is 0.0377. The van der Waals surface area contributed by atoms with Crippen LogP contribution in [0.2, 0.25) is 0 Å². The van der Waals surface area contributed by atoms with Gasteiger partial charge in [-0.3, -0.25) is 18.7 Å². The number of aromatic nitrogens is 8. The van der Waals surface area contributed by atoms with Crippen LogP contribution in [-0.4, -0.2) is 38.2 Å². The van der Waals surface area contributed by atoms with Crippen molar-refractivity contribution in [1.82, 2.24) is 38.2 Å². The number of para-hydroxylation sites is 9. The first kappa shape index (κ1) is 80.2. The molecule has 0 atom stereocenters. The maximum atomic E-state index is 5.36. The second-order valence-corrected chi connectivity index (χ2v) is 36.4. The van der Waals surface area contributed by atoms with Crippen LogP contribution in [0.25, 0.3) is 144 Å².